The molecule has 0 unspecified atom stereocenters. The van der Waals surface area contributed by atoms with Crippen molar-refractivity contribution < 1.29 is 9.37 Å². The van der Waals surface area contributed by atoms with Crippen molar-refractivity contribution in [1.82, 2.24) is 10.3 Å². The average molecular weight is 219 g/mol. The zero-order valence-electron chi connectivity index (χ0n) is 7.95. The number of aromatic nitrogens is 2. The first-order valence-corrected chi connectivity index (χ1v) is 4.35. The zero-order chi connectivity index (χ0) is 10.4. The van der Waals surface area contributed by atoms with Crippen LogP contribution in [0.2, 0.25) is 0 Å². The molecule has 14 heavy (non-hydrogen) atoms. The van der Waals surface area contributed by atoms with Crippen LogP contribution in [0.5, 0.6) is 0 Å². The maximum Gasteiger partial charge on any atom is 0.201 e. The van der Waals surface area contributed by atoms with Crippen LogP contribution in [-0.2, 0) is 4.74 Å². The first-order chi connectivity index (χ1) is 6.79. The zero-order valence-corrected chi connectivity index (χ0v) is 8.71. The van der Waals surface area contributed by atoms with Gasteiger partial charge >= 0.3 is 0 Å². The number of rotatable bonds is 5. The molecule has 0 spiro atoms. The molecule has 1 heterocycles. The molecule has 0 aliphatic rings. The van der Waals surface area contributed by atoms with E-state index in [4.69, 9.17) is 16.3 Å². The lowest BCUT2D eigenvalue weighted by atomic mass is 10.4. The van der Waals surface area contributed by atoms with Gasteiger partial charge in [0, 0.05) is 20.7 Å². The number of hydrogen-bond acceptors (Lipinski definition) is 6. The van der Waals surface area contributed by atoms with E-state index >= 15 is 0 Å². The van der Waals surface area contributed by atoms with Gasteiger partial charge in [0.2, 0.25) is 5.82 Å². The number of aliphatic imine (C=N–C) groups is 1. The van der Waals surface area contributed by atoms with E-state index in [1.807, 2.05) is 0 Å². The summed E-state index contributed by atoms with van der Waals surface area (Å²) < 4.78 is 9.39. The molecule has 0 saturated carbocycles. The molecule has 0 saturated heterocycles. The summed E-state index contributed by atoms with van der Waals surface area (Å²) in [6.45, 7) is 1.17. The van der Waals surface area contributed by atoms with Gasteiger partial charge in [-0.1, -0.05) is 11.6 Å². The lowest BCUT2D eigenvalue weighted by Crippen LogP contribution is -2.10. The summed E-state index contributed by atoms with van der Waals surface area (Å²) in [4.78, 5) is 3.77. The molecule has 0 bridgehead atoms. The number of halogens is 1. The van der Waals surface area contributed by atoms with Gasteiger partial charge in [-0.15, -0.1) is 0 Å². The lowest BCUT2D eigenvalue weighted by molar-refractivity contribution is 0.210. The summed E-state index contributed by atoms with van der Waals surface area (Å²) in [6.07, 6.45) is 0. The van der Waals surface area contributed by atoms with Crippen LogP contribution in [0.15, 0.2) is 9.62 Å². The van der Waals surface area contributed by atoms with E-state index in [1.165, 1.54) is 0 Å². The Labute approximate surface area is 86.3 Å². The largest absolute Gasteiger partial charge is 0.383 e. The maximum absolute atomic E-state index is 5.77. The summed E-state index contributed by atoms with van der Waals surface area (Å²) in [5.74, 6) is 0.470. The Morgan fingerprint density at radius 3 is 3.07 bits per heavy atom. The molecule has 78 valence electrons. The van der Waals surface area contributed by atoms with E-state index in [9.17, 15) is 0 Å². The van der Waals surface area contributed by atoms with Crippen LogP contribution in [0.4, 0.5) is 5.82 Å². The van der Waals surface area contributed by atoms with Crippen LogP contribution in [0.1, 0.15) is 5.69 Å². The lowest BCUT2D eigenvalue weighted by Gasteiger charge is -2.01. The van der Waals surface area contributed by atoms with E-state index in [-0.39, 0.29) is 5.17 Å². The summed E-state index contributed by atoms with van der Waals surface area (Å²) in [5, 5.41) is 10.5. The summed E-state index contributed by atoms with van der Waals surface area (Å²) in [5.41, 5.74) is 0.408. The molecule has 0 amide bonds. The summed E-state index contributed by atoms with van der Waals surface area (Å²) in [6, 6.07) is 0. The Bertz CT molecular complexity index is 312. The molecule has 0 atom stereocenters. The number of hydrogen-bond donors (Lipinski definition) is 1. The standard InChI is InChI=1S/C7H11ClN4O2/c1-9-6(8)5-7(12-14-11-5)10-3-4-13-2/h3-4H2,1-2H3,(H,10,12). The minimum Gasteiger partial charge on any atom is -0.383 e. The Morgan fingerprint density at radius 1 is 1.64 bits per heavy atom. The van der Waals surface area contributed by atoms with Crippen molar-refractivity contribution in [3.05, 3.63) is 5.69 Å². The highest BCUT2D eigenvalue weighted by Gasteiger charge is 2.13. The topological polar surface area (TPSA) is 72.5 Å². The highest BCUT2D eigenvalue weighted by molar-refractivity contribution is 6.69. The Balaban J connectivity index is 2.63. The molecule has 1 aromatic rings. The second-order valence-electron chi connectivity index (χ2n) is 2.40. The molecule has 0 aliphatic heterocycles. The van der Waals surface area contributed by atoms with Crippen molar-refractivity contribution in [2.75, 3.05) is 32.6 Å². The van der Waals surface area contributed by atoms with Gasteiger partial charge in [-0.2, -0.15) is 0 Å². The van der Waals surface area contributed by atoms with E-state index in [0.29, 0.717) is 24.7 Å². The van der Waals surface area contributed by atoms with Crippen LogP contribution in [0.3, 0.4) is 0 Å². The highest BCUT2D eigenvalue weighted by Crippen LogP contribution is 2.12. The van der Waals surface area contributed by atoms with Gasteiger partial charge in [-0.3, -0.25) is 4.99 Å². The monoisotopic (exact) mass is 218 g/mol. The van der Waals surface area contributed by atoms with Gasteiger partial charge in [-0.05, 0) is 10.3 Å². The van der Waals surface area contributed by atoms with Crippen molar-refractivity contribution >= 4 is 22.6 Å². The Kier molecular flexibility index (Phi) is 4.34. The van der Waals surface area contributed by atoms with Crippen molar-refractivity contribution in [3.63, 3.8) is 0 Å². The van der Waals surface area contributed by atoms with Crippen LogP contribution in [0, 0.1) is 0 Å². The van der Waals surface area contributed by atoms with E-state index in [2.05, 4.69) is 25.3 Å². The highest BCUT2D eigenvalue weighted by atomic mass is 35.5. The van der Waals surface area contributed by atoms with E-state index in [0.717, 1.165) is 0 Å². The van der Waals surface area contributed by atoms with Gasteiger partial charge in [0.15, 0.2) is 10.9 Å². The molecule has 1 aromatic heterocycles. The molecule has 7 heteroatoms. The molecule has 1 rings (SSSR count). The fraction of sp³-hybridized carbons (Fsp3) is 0.571. The number of anilines is 1. The molecular formula is C7H11ClN4O2. The Hall–Kier alpha value is -1.14. The normalized spacial score (nSPS) is 11.8. The van der Waals surface area contributed by atoms with Gasteiger partial charge < -0.3 is 10.1 Å². The molecule has 0 fully saturated rings. The first-order valence-electron chi connectivity index (χ1n) is 3.97. The molecule has 0 radical (unpaired) electrons. The van der Waals surface area contributed by atoms with Crippen LogP contribution in [0.25, 0.3) is 0 Å². The smallest absolute Gasteiger partial charge is 0.201 e. The minimum atomic E-state index is 0.256. The van der Waals surface area contributed by atoms with Gasteiger partial charge in [-0.25, -0.2) is 4.63 Å². The second-order valence-corrected chi connectivity index (χ2v) is 2.75. The third-order valence-corrected chi connectivity index (χ3v) is 1.83. The van der Waals surface area contributed by atoms with Crippen molar-refractivity contribution in [2.24, 2.45) is 4.99 Å². The first kappa shape index (κ1) is 10.9. The minimum absolute atomic E-state index is 0.256. The SMILES string of the molecule is CN=C(Cl)c1nonc1NCCOC. The Morgan fingerprint density at radius 2 is 2.43 bits per heavy atom. The fourth-order valence-electron chi connectivity index (χ4n) is 0.817. The number of ether oxygens (including phenoxy) is 1. The van der Waals surface area contributed by atoms with Crippen LogP contribution < -0.4 is 5.32 Å². The van der Waals surface area contributed by atoms with Crippen molar-refractivity contribution in [2.45, 2.75) is 0 Å². The van der Waals surface area contributed by atoms with Gasteiger partial charge in [0.25, 0.3) is 0 Å². The van der Waals surface area contributed by atoms with E-state index in [1.54, 1.807) is 14.2 Å². The van der Waals surface area contributed by atoms with Gasteiger partial charge in [0.05, 0.1) is 6.61 Å². The third kappa shape index (κ3) is 2.68. The van der Waals surface area contributed by atoms with Gasteiger partial charge in [0.1, 0.15) is 0 Å². The summed E-state index contributed by atoms with van der Waals surface area (Å²) in [7, 11) is 3.18. The quantitative estimate of drug-likeness (QED) is 0.583. The van der Waals surface area contributed by atoms with E-state index < -0.39 is 0 Å². The average Bonchev–Trinajstić information content (AvgIpc) is 2.65. The van der Waals surface area contributed by atoms with Crippen molar-refractivity contribution in [3.8, 4) is 0 Å². The van der Waals surface area contributed by atoms with Crippen LogP contribution in [-0.4, -0.2) is 42.8 Å². The third-order valence-electron chi connectivity index (χ3n) is 1.48. The fourth-order valence-corrected chi connectivity index (χ4v) is 0.941. The predicted octanol–water partition coefficient (Wildman–Crippen LogP) is 0.743. The molecule has 1 N–H and O–H groups in total. The number of nitrogens with one attached hydrogen (secondary N) is 1. The second kappa shape index (κ2) is 5.56. The molecule has 0 aliphatic carbocycles. The van der Waals surface area contributed by atoms with Crippen molar-refractivity contribution in [1.29, 1.82) is 0 Å². The predicted molar refractivity (Wildman–Crippen MR) is 53.0 cm³/mol. The number of methoxy groups -OCH3 is 1. The van der Waals surface area contributed by atoms with Crippen LogP contribution >= 0.6 is 11.6 Å². The molecule has 0 aromatic carbocycles. The number of nitrogens with zero attached hydrogens (tertiary/aromatic N) is 3. The maximum atomic E-state index is 5.77. The summed E-state index contributed by atoms with van der Waals surface area (Å²) >= 11 is 5.77. The molecular weight excluding hydrogens is 208 g/mol. The molecule has 6 nitrogen and oxygen atoms in total.